The van der Waals surface area contributed by atoms with Crippen LogP contribution in [0.25, 0.3) is 0 Å². The van der Waals surface area contributed by atoms with Gasteiger partial charge in [0, 0.05) is 6.42 Å². The lowest BCUT2D eigenvalue weighted by Crippen LogP contribution is -2.48. The molecule has 0 aliphatic heterocycles. The van der Waals surface area contributed by atoms with Gasteiger partial charge in [-0.05, 0) is 5.21 Å². The molecule has 1 heterocycles. The van der Waals surface area contributed by atoms with E-state index in [2.05, 4.69) is 20.1 Å². The van der Waals surface area contributed by atoms with E-state index in [9.17, 15) is 31.1 Å². The topological polar surface area (TPSA) is 107 Å². The Hall–Kier alpha value is -1.92. The second-order valence-corrected chi connectivity index (χ2v) is 4.16. The Bertz CT molecular complexity index is 486. The van der Waals surface area contributed by atoms with Crippen LogP contribution in [-0.2, 0) is 15.3 Å². The smallest absolute Gasteiger partial charge is 0.430 e. The lowest BCUT2D eigenvalue weighted by Gasteiger charge is -2.29. The maximum absolute atomic E-state index is 12.5. The number of nitrogens with one attached hydrogen (secondary N) is 1. The molecule has 3 N–H and O–H groups in total. The van der Waals surface area contributed by atoms with Crippen molar-refractivity contribution in [1.82, 2.24) is 20.6 Å². The largest absolute Gasteiger partial charge is 0.491 e. The highest BCUT2D eigenvalue weighted by molar-refractivity contribution is 5.76. The Balaban J connectivity index is 3.05. The number of hydrogen-bond donors (Lipinski definition) is 2. The number of alkyl halides is 6. The third-order valence-electron chi connectivity index (χ3n) is 2.40. The van der Waals surface area contributed by atoms with Gasteiger partial charge in [0.15, 0.2) is 0 Å². The van der Waals surface area contributed by atoms with Gasteiger partial charge in [0.25, 0.3) is 0 Å². The van der Waals surface area contributed by atoms with Crippen molar-refractivity contribution in [2.24, 2.45) is 11.7 Å². The Kier molecular flexibility index (Phi) is 4.45. The molecule has 2 unspecified atom stereocenters. The highest BCUT2D eigenvalue weighted by atomic mass is 19.4. The average molecular weight is 321 g/mol. The second-order valence-electron chi connectivity index (χ2n) is 4.16. The molecule has 2 atom stereocenters. The number of carbonyl (C=O) groups is 1. The summed E-state index contributed by atoms with van der Waals surface area (Å²) < 4.78 is 78.0. The van der Waals surface area contributed by atoms with Gasteiger partial charge in [-0.25, -0.2) is 4.79 Å². The van der Waals surface area contributed by atoms with Gasteiger partial charge >= 0.3 is 18.3 Å². The maximum Gasteiger partial charge on any atom is 0.491 e. The second kappa shape index (κ2) is 5.46. The fraction of sp³-hybridized carbons (Fsp3) is 0.750. The standard InChI is InChI=1S/C8H9F6N5O2/c1-3(7(9,10)11)2-6(15,4-16-18-19-17-4)21-5(20)8(12,13)14/h3H,2,15H2,1H3,(H,16,17,18,19). The van der Waals surface area contributed by atoms with E-state index in [-0.39, 0.29) is 0 Å². The maximum atomic E-state index is 12.5. The van der Waals surface area contributed by atoms with Crippen molar-refractivity contribution in [3.63, 3.8) is 0 Å². The van der Waals surface area contributed by atoms with Crippen LogP contribution >= 0.6 is 0 Å². The summed E-state index contributed by atoms with van der Waals surface area (Å²) in [6.45, 7) is 0.656. The zero-order chi connectivity index (χ0) is 16.5. The van der Waals surface area contributed by atoms with Gasteiger partial charge in [-0.1, -0.05) is 6.92 Å². The Labute approximate surface area is 112 Å². The van der Waals surface area contributed by atoms with E-state index >= 15 is 0 Å². The summed E-state index contributed by atoms with van der Waals surface area (Å²) in [6, 6.07) is 0. The number of rotatable bonds is 4. The molecule has 1 aromatic rings. The predicted octanol–water partition coefficient (Wildman–Crippen LogP) is 1.01. The van der Waals surface area contributed by atoms with E-state index in [0.29, 0.717) is 6.92 Å². The molecule has 0 bridgehead atoms. The highest BCUT2D eigenvalue weighted by Crippen LogP contribution is 2.36. The number of ether oxygens (including phenoxy) is 1. The molecule has 0 spiro atoms. The van der Waals surface area contributed by atoms with E-state index in [4.69, 9.17) is 5.73 Å². The van der Waals surface area contributed by atoms with Crippen LogP contribution in [0.4, 0.5) is 26.3 Å². The Morgan fingerprint density at radius 2 is 1.90 bits per heavy atom. The minimum atomic E-state index is -5.43. The van der Waals surface area contributed by atoms with Gasteiger partial charge in [-0.2, -0.15) is 31.6 Å². The number of H-pyrrole nitrogens is 1. The molecule has 1 aromatic heterocycles. The monoisotopic (exact) mass is 321 g/mol. The molecule has 0 amide bonds. The number of nitrogens with two attached hydrogens (primary N) is 1. The number of esters is 1. The first-order valence-electron chi connectivity index (χ1n) is 5.26. The van der Waals surface area contributed by atoms with E-state index < -0.39 is 42.2 Å². The van der Waals surface area contributed by atoms with E-state index in [1.807, 2.05) is 5.21 Å². The van der Waals surface area contributed by atoms with Crippen LogP contribution < -0.4 is 5.73 Å². The number of aromatic amines is 1. The van der Waals surface area contributed by atoms with E-state index in [1.165, 1.54) is 0 Å². The van der Waals surface area contributed by atoms with Gasteiger partial charge < -0.3 is 4.74 Å². The molecule has 0 fully saturated rings. The molecule has 13 heteroatoms. The summed E-state index contributed by atoms with van der Waals surface area (Å²) in [5, 5.41) is 11.1. The van der Waals surface area contributed by atoms with Crippen LogP contribution in [0, 0.1) is 5.92 Å². The fourth-order valence-electron chi connectivity index (χ4n) is 1.31. The van der Waals surface area contributed by atoms with E-state index in [0.717, 1.165) is 0 Å². The molecule has 21 heavy (non-hydrogen) atoms. The van der Waals surface area contributed by atoms with Gasteiger partial charge in [0.2, 0.25) is 11.5 Å². The quantitative estimate of drug-likeness (QED) is 0.487. The van der Waals surface area contributed by atoms with Crippen LogP contribution in [-0.4, -0.2) is 38.9 Å². The number of aromatic nitrogens is 4. The molecule has 120 valence electrons. The fourth-order valence-corrected chi connectivity index (χ4v) is 1.31. The third kappa shape index (κ3) is 4.27. The molecule has 0 aromatic carbocycles. The molecule has 7 nitrogen and oxygen atoms in total. The summed E-state index contributed by atoms with van der Waals surface area (Å²) in [5.74, 6) is -5.75. The molecule has 1 rings (SSSR count). The van der Waals surface area contributed by atoms with Crippen LogP contribution in [0.1, 0.15) is 19.2 Å². The zero-order valence-corrected chi connectivity index (χ0v) is 10.3. The van der Waals surface area contributed by atoms with Crippen LogP contribution in [0.2, 0.25) is 0 Å². The molecule has 0 aliphatic rings. The van der Waals surface area contributed by atoms with Gasteiger partial charge in [-0.3, -0.25) is 5.73 Å². The third-order valence-corrected chi connectivity index (χ3v) is 2.40. The SMILES string of the molecule is CC(CC(N)(OC(=O)C(F)(F)F)c1nn[nH]n1)C(F)(F)F. The van der Waals surface area contributed by atoms with Crippen LogP contribution in [0.3, 0.4) is 0 Å². The van der Waals surface area contributed by atoms with Crippen molar-refractivity contribution in [1.29, 1.82) is 0 Å². The Morgan fingerprint density at radius 3 is 2.29 bits per heavy atom. The minimum absolute atomic E-state index is 0.656. The molecule has 0 saturated heterocycles. The van der Waals surface area contributed by atoms with Crippen molar-refractivity contribution >= 4 is 5.97 Å². The predicted molar refractivity (Wildman–Crippen MR) is 52.0 cm³/mol. The normalized spacial score (nSPS) is 17.1. The van der Waals surface area contributed by atoms with Crippen molar-refractivity contribution < 1.29 is 35.9 Å². The van der Waals surface area contributed by atoms with Crippen molar-refractivity contribution in [3.05, 3.63) is 5.82 Å². The summed E-state index contributed by atoms with van der Waals surface area (Å²) in [4.78, 5) is 10.8. The lowest BCUT2D eigenvalue weighted by atomic mass is 9.98. The number of hydrogen-bond acceptors (Lipinski definition) is 6. The average Bonchev–Trinajstić information content (AvgIpc) is 2.79. The van der Waals surface area contributed by atoms with Crippen molar-refractivity contribution in [2.75, 3.05) is 0 Å². The van der Waals surface area contributed by atoms with Crippen LogP contribution in [0.15, 0.2) is 0 Å². The first kappa shape index (κ1) is 17.1. The van der Waals surface area contributed by atoms with E-state index in [1.54, 1.807) is 0 Å². The molecule has 0 aliphatic carbocycles. The molecule has 0 saturated carbocycles. The zero-order valence-electron chi connectivity index (χ0n) is 10.3. The number of tetrazole rings is 1. The minimum Gasteiger partial charge on any atom is -0.430 e. The molecular formula is C8H9F6N5O2. The number of nitrogens with zero attached hydrogens (tertiary/aromatic N) is 3. The molecular weight excluding hydrogens is 312 g/mol. The lowest BCUT2D eigenvalue weighted by molar-refractivity contribution is -0.225. The number of halogens is 6. The Morgan fingerprint density at radius 1 is 1.33 bits per heavy atom. The van der Waals surface area contributed by atoms with Crippen molar-refractivity contribution in [3.8, 4) is 0 Å². The summed E-state index contributed by atoms with van der Waals surface area (Å²) in [7, 11) is 0. The van der Waals surface area contributed by atoms with Gasteiger partial charge in [-0.15, -0.1) is 10.2 Å². The van der Waals surface area contributed by atoms with Crippen LogP contribution in [0.5, 0.6) is 0 Å². The summed E-state index contributed by atoms with van der Waals surface area (Å²) >= 11 is 0. The van der Waals surface area contributed by atoms with Crippen molar-refractivity contribution in [2.45, 2.75) is 31.4 Å². The van der Waals surface area contributed by atoms with Gasteiger partial charge in [0.1, 0.15) is 0 Å². The summed E-state index contributed by atoms with van der Waals surface area (Å²) in [6.07, 6.45) is -11.4. The first-order chi connectivity index (χ1) is 9.36. The molecule has 0 radical (unpaired) electrons. The highest BCUT2D eigenvalue weighted by Gasteiger charge is 2.50. The summed E-state index contributed by atoms with van der Waals surface area (Å²) in [5.41, 5.74) is 2.51. The van der Waals surface area contributed by atoms with Gasteiger partial charge in [0.05, 0.1) is 5.92 Å². The first-order valence-corrected chi connectivity index (χ1v) is 5.26. The number of carbonyl (C=O) groups excluding carboxylic acids is 1.